The Kier molecular flexibility index (Phi) is 8.18. The molecule has 0 spiro atoms. The van der Waals surface area contributed by atoms with E-state index in [9.17, 15) is 18.9 Å². The van der Waals surface area contributed by atoms with E-state index in [1.165, 1.54) is 16.8 Å². The molecule has 5 rings (SSSR count). The maximum atomic E-state index is 12.6. The van der Waals surface area contributed by atoms with Crippen molar-refractivity contribution in [3.05, 3.63) is 49.2 Å². The van der Waals surface area contributed by atoms with E-state index in [-0.39, 0.29) is 29.2 Å². The predicted molar refractivity (Wildman–Crippen MR) is 134 cm³/mol. The summed E-state index contributed by atoms with van der Waals surface area (Å²) in [4.78, 5) is 62.6. The summed E-state index contributed by atoms with van der Waals surface area (Å²) in [7, 11) is -4.31. The lowest BCUT2D eigenvalue weighted by molar-refractivity contribution is 0.0188. The van der Waals surface area contributed by atoms with Crippen molar-refractivity contribution in [2.24, 2.45) is 11.8 Å². The third-order valence-corrected chi connectivity index (χ3v) is 6.66. The van der Waals surface area contributed by atoms with Crippen molar-refractivity contribution in [1.82, 2.24) is 28.7 Å². The first-order valence-corrected chi connectivity index (χ1v) is 13.8. The summed E-state index contributed by atoms with van der Waals surface area (Å²) < 4.78 is 19.5. The lowest BCUT2D eigenvalue weighted by atomic mass is 10.3. The molecule has 0 saturated heterocycles. The molecule has 0 unspecified atom stereocenters. The van der Waals surface area contributed by atoms with Crippen LogP contribution in [0.25, 0.3) is 11.2 Å². The van der Waals surface area contributed by atoms with Crippen molar-refractivity contribution < 1.29 is 24.2 Å². The van der Waals surface area contributed by atoms with Crippen molar-refractivity contribution >= 4 is 24.6 Å². The van der Waals surface area contributed by atoms with Gasteiger partial charge < -0.3 is 35.3 Å². The maximum absolute atomic E-state index is 12.6. The van der Waals surface area contributed by atoms with Gasteiger partial charge in [0.25, 0.3) is 5.56 Å². The third kappa shape index (κ3) is 7.17. The molecule has 2 aliphatic carbocycles. The minimum absolute atomic E-state index is 0.0604. The van der Waals surface area contributed by atoms with E-state index >= 15 is 0 Å². The van der Waals surface area contributed by atoms with Gasteiger partial charge in [0.15, 0.2) is 5.62 Å². The molecule has 3 aromatic heterocycles. The number of aliphatic hydroxyl groups is 1. The van der Waals surface area contributed by atoms with Gasteiger partial charge in [-0.05, 0) is 43.6 Å². The van der Waals surface area contributed by atoms with Gasteiger partial charge in [0.05, 0.1) is 19.3 Å². The summed E-state index contributed by atoms with van der Waals surface area (Å²) in [6.07, 6.45) is 4.06. The van der Waals surface area contributed by atoms with Crippen LogP contribution in [0.4, 0.5) is 5.82 Å². The fraction of sp³-hybridized carbons (Fsp3) is 0.571. The summed E-state index contributed by atoms with van der Waals surface area (Å²) in [5.74, 6) is 1.05. The number of ether oxygens (including phenoxy) is 1. The van der Waals surface area contributed by atoms with Crippen molar-refractivity contribution in [1.29, 1.82) is 5.41 Å². The number of nitrogens with zero attached hydrogens (tertiary/aromatic N) is 4. The molecule has 0 radical (unpaired) electrons. The molecular formula is C21H31N8O8P. The van der Waals surface area contributed by atoms with E-state index in [1.54, 1.807) is 4.57 Å². The number of rotatable bonds is 10. The molecular weight excluding hydrogens is 523 g/mol. The summed E-state index contributed by atoms with van der Waals surface area (Å²) in [6.45, 7) is 0.568. The SMILES string of the molecule is N=c1[nH]c2c(=O)n(CC3CC3)c(=O)n(CC3CC3)c2[nH]1.Nc1ccn(C[C@@H](CO)OCP(=O)(O)O)c(=O)n1. The highest BCUT2D eigenvalue weighted by Crippen LogP contribution is 2.34. The van der Waals surface area contributed by atoms with E-state index in [4.69, 9.17) is 30.8 Å². The van der Waals surface area contributed by atoms with Gasteiger partial charge in [-0.2, -0.15) is 4.98 Å². The van der Waals surface area contributed by atoms with Gasteiger partial charge in [0.2, 0.25) is 0 Å². The molecule has 0 bridgehead atoms. The summed E-state index contributed by atoms with van der Waals surface area (Å²) >= 11 is 0. The highest BCUT2D eigenvalue weighted by atomic mass is 31.2. The summed E-state index contributed by atoms with van der Waals surface area (Å²) in [6, 6.07) is 1.39. The Balaban J connectivity index is 0.000000179. The molecule has 208 valence electrons. The Labute approximate surface area is 214 Å². The number of aromatic amines is 2. The van der Waals surface area contributed by atoms with E-state index in [0.717, 1.165) is 30.3 Å². The van der Waals surface area contributed by atoms with Gasteiger partial charge in [-0.15, -0.1) is 0 Å². The number of nitrogens with one attached hydrogen (secondary N) is 3. The normalized spacial score (nSPS) is 16.3. The molecule has 2 saturated carbocycles. The maximum Gasteiger partial charge on any atom is 0.350 e. The van der Waals surface area contributed by atoms with Crippen molar-refractivity contribution in [3.63, 3.8) is 0 Å². The monoisotopic (exact) mass is 554 g/mol. The number of nitrogens with two attached hydrogens (primary N) is 1. The molecule has 17 heteroatoms. The molecule has 2 fully saturated rings. The topological polar surface area (TPSA) is 247 Å². The minimum Gasteiger partial charge on any atom is -0.394 e. The van der Waals surface area contributed by atoms with Crippen LogP contribution < -0.4 is 28.3 Å². The van der Waals surface area contributed by atoms with Crippen LogP contribution in [0.2, 0.25) is 0 Å². The average Bonchev–Trinajstić information content (AvgIpc) is 3.78. The first-order chi connectivity index (χ1) is 17.9. The van der Waals surface area contributed by atoms with E-state index in [0.29, 0.717) is 36.1 Å². The molecule has 3 aromatic rings. The molecule has 0 aliphatic heterocycles. The number of hydrogen-bond acceptors (Lipinski definition) is 9. The number of aliphatic hydroxyl groups excluding tert-OH is 1. The van der Waals surface area contributed by atoms with Gasteiger partial charge in [-0.1, -0.05) is 0 Å². The Morgan fingerprint density at radius 3 is 2.32 bits per heavy atom. The van der Waals surface area contributed by atoms with Gasteiger partial charge in [0, 0.05) is 19.3 Å². The second-order valence-electron chi connectivity index (χ2n) is 9.60. The number of imidazole rings is 1. The fourth-order valence-corrected chi connectivity index (χ4v) is 4.24. The lowest BCUT2D eigenvalue weighted by Crippen LogP contribution is -2.41. The number of H-pyrrole nitrogens is 2. The quantitative estimate of drug-likeness (QED) is 0.142. The largest absolute Gasteiger partial charge is 0.394 e. The minimum atomic E-state index is -4.31. The van der Waals surface area contributed by atoms with Gasteiger partial charge >= 0.3 is 19.0 Å². The lowest BCUT2D eigenvalue weighted by Gasteiger charge is -2.16. The number of nitrogen functional groups attached to an aromatic ring is 1. The Morgan fingerprint density at radius 1 is 1.13 bits per heavy atom. The molecule has 8 N–H and O–H groups in total. The van der Waals surface area contributed by atoms with Crippen LogP contribution in [-0.4, -0.2) is 62.6 Å². The summed E-state index contributed by atoms with van der Waals surface area (Å²) in [5, 5.41) is 16.6. The van der Waals surface area contributed by atoms with Crippen molar-refractivity contribution in [2.75, 3.05) is 18.7 Å². The van der Waals surface area contributed by atoms with Gasteiger partial charge in [0.1, 0.15) is 23.3 Å². The fourth-order valence-electron chi connectivity index (χ4n) is 3.83. The Bertz CT molecular complexity index is 1570. The average molecular weight is 555 g/mol. The van der Waals surface area contributed by atoms with Crippen LogP contribution in [0.1, 0.15) is 25.7 Å². The van der Waals surface area contributed by atoms with E-state index < -0.39 is 32.3 Å². The third-order valence-electron chi connectivity index (χ3n) is 6.17. The van der Waals surface area contributed by atoms with E-state index in [2.05, 4.69) is 15.0 Å². The highest BCUT2D eigenvalue weighted by molar-refractivity contribution is 7.51. The van der Waals surface area contributed by atoms with Gasteiger partial charge in [-0.3, -0.25) is 28.5 Å². The van der Waals surface area contributed by atoms with Crippen LogP contribution in [0.5, 0.6) is 0 Å². The van der Waals surface area contributed by atoms with Crippen molar-refractivity contribution in [2.45, 2.75) is 51.4 Å². The molecule has 38 heavy (non-hydrogen) atoms. The predicted octanol–water partition coefficient (Wildman–Crippen LogP) is -1.54. The molecule has 2 aliphatic rings. The second kappa shape index (κ2) is 11.2. The smallest absolute Gasteiger partial charge is 0.350 e. The van der Waals surface area contributed by atoms with E-state index in [1.807, 2.05) is 0 Å². The number of aromatic nitrogens is 6. The standard InChI is InChI=1S/C13H17N5O2.C8H14N3O6P/c14-12-15-9-10(16-12)17(5-7-1-2-7)13(20)18(11(9)19)6-8-3-4-8;9-7-1-2-11(8(13)10-7)3-6(4-12)17-5-18(14,15)16/h7-8H,1-6H2,(H3,14,15,16);1-2,6,12H,3-5H2,(H2,9,10,13)(H2,14,15,16)/t;6-/m.0/s1. The molecule has 0 amide bonds. The summed E-state index contributed by atoms with van der Waals surface area (Å²) in [5.41, 5.74) is 4.99. The van der Waals surface area contributed by atoms with Crippen LogP contribution in [0.15, 0.2) is 26.6 Å². The van der Waals surface area contributed by atoms with Crippen LogP contribution >= 0.6 is 7.60 Å². The zero-order valence-electron chi connectivity index (χ0n) is 20.4. The number of anilines is 1. The zero-order chi connectivity index (χ0) is 27.6. The molecule has 16 nitrogen and oxygen atoms in total. The Morgan fingerprint density at radius 2 is 1.76 bits per heavy atom. The van der Waals surface area contributed by atoms with Crippen LogP contribution in [-0.2, 0) is 28.9 Å². The van der Waals surface area contributed by atoms with Crippen LogP contribution in [0, 0.1) is 17.2 Å². The molecule has 0 aromatic carbocycles. The zero-order valence-corrected chi connectivity index (χ0v) is 21.3. The highest BCUT2D eigenvalue weighted by Gasteiger charge is 2.28. The molecule has 3 heterocycles. The van der Waals surface area contributed by atoms with Gasteiger partial charge in [-0.25, -0.2) is 9.59 Å². The number of hydrogen-bond donors (Lipinski definition) is 7. The first kappa shape index (κ1) is 27.7. The Hall–Kier alpha value is -3.30. The first-order valence-electron chi connectivity index (χ1n) is 12.1. The molecule has 1 atom stereocenters. The van der Waals surface area contributed by atoms with Crippen LogP contribution in [0.3, 0.4) is 0 Å². The second-order valence-corrected chi connectivity index (χ2v) is 11.2. The number of fused-ring (bicyclic) bond motifs is 1. The van der Waals surface area contributed by atoms with Crippen molar-refractivity contribution in [3.8, 4) is 0 Å².